The van der Waals surface area contributed by atoms with E-state index in [1.165, 1.54) is 7.11 Å². The number of methoxy groups -OCH3 is 1. The van der Waals surface area contributed by atoms with Gasteiger partial charge in [-0.05, 0) is 6.07 Å². The van der Waals surface area contributed by atoms with Gasteiger partial charge in [-0.3, -0.25) is 0 Å². The monoisotopic (exact) mass is 171 g/mol. The van der Waals surface area contributed by atoms with E-state index in [1.807, 2.05) is 0 Å². The number of rotatable bonds is 1. The van der Waals surface area contributed by atoms with E-state index in [2.05, 4.69) is 17.4 Å². The molecule has 0 spiro atoms. The maximum atomic E-state index is 11.0. The molecule has 0 aliphatic rings. The molecule has 1 aromatic rings. The van der Waals surface area contributed by atoms with Gasteiger partial charge in [0.05, 0.1) is 7.11 Å². The van der Waals surface area contributed by atoms with Crippen LogP contribution >= 0.6 is 12.6 Å². The topological polar surface area (TPSA) is 31.2 Å². The van der Waals surface area contributed by atoms with Gasteiger partial charge in [0.25, 0.3) is 0 Å². The number of ether oxygens (including phenoxy) is 1. The van der Waals surface area contributed by atoms with Gasteiger partial charge in [0, 0.05) is 18.1 Å². The molecule has 0 saturated carbocycles. The molecule has 1 heterocycles. The molecule has 0 aliphatic heterocycles. The van der Waals surface area contributed by atoms with Gasteiger partial charge in [-0.1, -0.05) is 0 Å². The van der Waals surface area contributed by atoms with Crippen LogP contribution in [0.25, 0.3) is 0 Å². The standard InChI is InChI=1S/C7H9NO2S/c1-8-4-5(11)3-6(8)7(9)10-2/h3-4,11H,1-2H3. The average molecular weight is 171 g/mol. The van der Waals surface area contributed by atoms with Crippen LogP contribution in [-0.4, -0.2) is 17.6 Å². The Bertz CT molecular complexity index is 280. The van der Waals surface area contributed by atoms with Crippen molar-refractivity contribution in [1.29, 1.82) is 0 Å². The largest absolute Gasteiger partial charge is 0.464 e. The number of aromatic nitrogens is 1. The third-order valence-electron chi connectivity index (χ3n) is 1.39. The molecule has 0 unspecified atom stereocenters. The zero-order valence-corrected chi connectivity index (χ0v) is 7.26. The van der Waals surface area contributed by atoms with Gasteiger partial charge in [0.2, 0.25) is 0 Å². The number of hydrogen-bond acceptors (Lipinski definition) is 3. The highest BCUT2D eigenvalue weighted by atomic mass is 32.1. The van der Waals surface area contributed by atoms with Crippen molar-refractivity contribution in [1.82, 2.24) is 4.57 Å². The first kappa shape index (κ1) is 8.20. The third kappa shape index (κ3) is 1.57. The van der Waals surface area contributed by atoms with Crippen LogP contribution in [-0.2, 0) is 11.8 Å². The van der Waals surface area contributed by atoms with E-state index in [0.29, 0.717) is 5.69 Å². The third-order valence-corrected chi connectivity index (χ3v) is 1.63. The van der Waals surface area contributed by atoms with Crippen molar-refractivity contribution in [3.8, 4) is 0 Å². The van der Waals surface area contributed by atoms with Crippen LogP contribution in [0.5, 0.6) is 0 Å². The van der Waals surface area contributed by atoms with Gasteiger partial charge in [-0.25, -0.2) is 4.79 Å². The Morgan fingerprint density at radius 3 is 2.73 bits per heavy atom. The quantitative estimate of drug-likeness (QED) is 0.506. The summed E-state index contributed by atoms with van der Waals surface area (Å²) in [7, 11) is 3.12. The first-order chi connectivity index (χ1) is 5.15. The second-order valence-corrected chi connectivity index (χ2v) is 2.70. The summed E-state index contributed by atoms with van der Waals surface area (Å²) in [6.07, 6.45) is 1.75. The molecule has 4 heteroatoms. The van der Waals surface area contributed by atoms with Crippen LogP contribution in [0, 0.1) is 0 Å². The molecule has 60 valence electrons. The van der Waals surface area contributed by atoms with Gasteiger partial charge < -0.3 is 9.30 Å². The van der Waals surface area contributed by atoms with Crippen molar-refractivity contribution < 1.29 is 9.53 Å². The van der Waals surface area contributed by atoms with Crippen molar-refractivity contribution in [2.24, 2.45) is 7.05 Å². The molecule has 1 aromatic heterocycles. The Labute approximate surface area is 70.4 Å². The molecule has 0 amide bonds. The molecule has 0 aliphatic carbocycles. The molecule has 0 N–H and O–H groups in total. The number of carbonyl (C=O) groups excluding carboxylic acids is 1. The number of aryl methyl sites for hydroxylation is 1. The van der Waals surface area contributed by atoms with Crippen molar-refractivity contribution in [3.05, 3.63) is 18.0 Å². The van der Waals surface area contributed by atoms with Crippen LogP contribution in [0.15, 0.2) is 17.2 Å². The second-order valence-electron chi connectivity index (χ2n) is 2.19. The van der Waals surface area contributed by atoms with Crippen LogP contribution in [0.1, 0.15) is 10.5 Å². The fourth-order valence-electron chi connectivity index (χ4n) is 0.855. The van der Waals surface area contributed by atoms with Crippen LogP contribution in [0.3, 0.4) is 0 Å². The van der Waals surface area contributed by atoms with Crippen molar-refractivity contribution in [3.63, 3.8) is 0 Å². The van der Waals surface area contributed by atoms with Gasteiger partial charge in [0.1, 0.15) is 5.69 Å². The van der Waals surface area contributed by atoms with E-state index in [9.17, 15) is 4.79 Å². The molecule has 0 fully saturated rings. The Morgan fingerprint density at radius 1 is 1.73 bits per heavy atom. The number of esters is 1. The molecule has 0 bridgehead atoms. The van der Waals surface area contributed by atoms with E-state index < -0.39 is 0 Å². The van der Waals surface area contributed by atoms with Gasteiger partial charge in [0.15, 0.2) is 0 Å². The number of nitrogens with zero attached hydrogens (tertiary/aromatic N) is 1. The minimum atomic E-state index is -0.340. The zero-order valence-electron chi connectivity index (χ0n) is 6.37. The maximum Gasteiger partial charge on any atom is 0.354 e. The van der Waals surface area contributed by atoms with E-state index in [-0.39, 0.29) is 5.97 Å². The fourth-order valence-corrected chi connectivity index (χ4v) is 1.15. The van der Waals surface area contributed by atoms with Crippen LogP contribution in [0.2, 0.25) is 0 Å². The minimum Gasteiger partial charge on any atom is -0.464 e. The molecule has 0 atom stereocenters. The lowest BCUT2D eigenvalue weighted by molar-refractivity contribution is 0.0590. The highest BCUT2D eigenvalue weighted by molar-refractivity contribution is 7.80. The molecule has 0 saturated heterocycles. The van der Waals surface area contributed by atoms with E-state index >= 15 is 0 Å². The smallest absolute Gasteiger partial charge is 0.354 e. The Hall–Kier alpha value is -0.900. The summed E-state index contributed by atoms with van der Waals surface area (Å²) < 4.78 is 6.21. The summed E-state index contributed by atoms with van der Waals surface area (Å²) >= 11 is 4.08. The first-order valence-electron chi connectivity index (χ1n) is 3.09. The lowest BCUT2D eigenvalue weighted by atomic mass is 10.4. The zero-order chi connectivity index (χ0) is 8.43. The predicted molar refractivity (Wildman–Crippen MR) is 44.0 cm³/mol. The fraction of sp³-hybridized carbons (Fsp3) is 0.286. The van der Waals surface area contributed by atoms with E-state index in [1.54, 1.807) is 23.9 Å². The van der Waals surface area contributed by atoms with E-state index in [0.717, 1.165) is 4.90 Å². The van der Waals surface area contributed by atoms with Crippen molar-refractivity contribution in [2.75, 3.05) is 7.11 Å². The summed E-state index contributed by atoms with van der Waals surface area (Å²) in [6.45, 7) is 0. The Balaban J connectivity index is 3.03. The summed E-state index contributed by atoms with van der Waals surface area (Å²) in [4.78, 5) is 11.7. The Kier molecular flexibility index (Phi) is 2.24. The summed E-state index contributed by atoms with van der Waals surface area (Å²) in [6, 6.07) is 1.66. The molecule has 11 heavy (non-hydrogen) atoms. The second kappa shape index (κ2) is 3.00. The normalized spacial score (nSPS) is 9.73. The Morgan fingerprint density at radius 2 is 2.36 bits per heavy atom. The molecule has 0 radical (unpaired) electrons. The molecular weight excluding hydrogens is 162 g/mol. The first-order valence-corrected chi connectivity index (χ1v) is 3.53. The highest BCUT2D eigenvalue weighted by Gasteiger charge is 2.09. The lowest BCUT2D eigenvalue weighted by Gasteiger charge is -1.98. The SMILES string of the molecule is COC(=O)c1cc(S)cn1C. The number of hydrogen-bond donors (Lipinski definition) is 1. The minimum absolute atomic E-state index is 0.340. The molecular formula is C7H9NO2S. The summed E-state index contributed by atoms with van der Waals surface area (Å²) in [5.41, 5.74) is 0.512. The van der Waals surface area contributed by atoms with Crippen molar-refractivity contribution in [2.45, 2.75) is 4.90 Å². The highest BCUT2D eigenvalue weighted by Crippen LogP contribution is 2.11. The lowest BCUT2D eigenvalue weighted by Crippen LogP contribution is -2.06. The maximum absolute atomic E-state index is 11.0. The number of thiol groups is 1. The van der Waals surface area contributed by atoms with Crippen molar-refractivity contribution >= 4 is 18.6 Å². The number of carbonyl (C=O) groups is 1. The molecule has 0 aromatic carbocycles. The van der Waals surface area contributed by atoms with Gasteiger partial charge in [-0.15, -0.1) is 12.6 Å². The predicted octanol–water partition coefficient (Wildman–Crippen LogP) is 1.10. The average Bonchev–Trinajstić information content (AvgIpc) is 2.28. The van der Waals surface area contributed by atoms with Crippen LogP contribution in [0.4, 0.5) is 0 Å². The van der Waals surface area contributed by atoms with E-state index in [4.69, 9.17) is 0 Å². The van der Waals surface area contributed by atoms with Crippen LogP contribution < -0.4 is 0 Å². The van der Waals surface area contributed by atoms with Gasteiger partial charge in [-0.2, -0.15) is 0 Å². The molecule has 3 nitrogen and oxygen atoms in total. The summed E-state index contributed by atoms with van der Waals surface area (Å²) in [5, 5.41) is 0. The van der Waals surface area contributed by atoms with Gasteiger partial charge >= 0.3 is 5.97 Å². The molecule has 1 rings (SSSR count). The summed E-state index contributed by atoms with van der Waals surface area (Å²) in [5.74, 6) is -0.340.